The van der Waals surface area contributed by atoms with E-state index in [2.05, 4.69) is 10.1 Å². The fourth-order valence-electron chi connectivity index (χ4n) is 1.61. The standard InChI is InChI=1S/C15H23NO7S/c1-5-11(18)16-13(15(21)23-7-3)9(4)24-12(19)8-10(17)14(20)22-6-2/h9,13H,5-8H2,1-4H3,(H,16,18). The number of hydrogen-bond donors (Lipinski definition) is 1. The van der Waals surface area contributed by atoms with Crippen LogP contribution in [0.5, 0.6) is 0 Å². The second-order valence-corrected chi connectivity index (χ2v) is 6.10. The summed E-state index contributed by atoms with van der Waals surface area (Å²) in [5.74, 6) is -3.05. The van der Waals surface area contributed by atoms with Crippen molar-refractivity contribution in [2.24, 2.45) is 0 Å². The minimum absolute atomic E-state index is 0.0380. The van der Waals surface area contributed by atoms with E-state index in [0.717, 1.165) is 0 Å². The van der Waals surface area contributed by atoms with Crippen LogP contribution in [0.3, 0.4) is 0 Å². The summed E-state index contributed by atoms with van der Waals surface area (Å²) in [5.41, 5.74) is 0. The van der Waals surface area contributed by atoms with E-state index >= 15 is 0 Å². The van der Waals surface area contributed by atoms with Crippen LogP contribution in [-0.2, 0) is 33.4 Å². The van der Waals surface area contributed by atoms with E-state index in [1.54, 1.807) is 27.7 Å². The van der Waals surface area contributed by atoms with Crippen molar-refractivity contribution in [3.05, 3.63) is 0 Å². The van der Waals surface area contributed by atoms with Gasteiger partial charge in [-0.1, -0.05) is 25.6 Å². The van der Waals surface area contributed by atoms with Crippen LogP contribution in [0.25, 0.3) is 0 Å². The summed E-state index contributed by atoms with van der Waals surface area (Å²) in [6, 6.07) is -1.02. The minimum atomic E-state index is -1.07. The molecule has 0 aliphatic rings. The monoisotopic (exact) mass is 361 g/mol. The quantitative estimate of drug-likeness (QED) is 0.342. The molecule has 0 fully saturated rings. The number of rotatable bonds is 10. The summed E-state index contributed by atoms with van der Waals surface area (Å²) in [7, 11) is 0. The van der Waals surface area contributed by atoms with Crippen molar-refractivity contribution in [3.8, 4) is 0 Å². The molecule has 0 saturated heterocycles. The summed E-state index contributed by atoms with van der Waals surface area (Å²) in [6.45, 7) is 6.51. The Balaban J connectivity index is 4.79. The highest BCUT2D eigenvalue weighted by Crippen LogP contribution is 2.19. The Labute approximate surface area is 145 Å². The van der Waals surface area contributed by atoms with Gasteiger partial charge in [-0.25, -0.2) is 9.59 Å². The normalized spacial score (nSPS) is 12.7. The fraction of sp³-hybridized carbons (Fsp3) is 0.667. The molecule has 0 aromatic carbocycles. The van der Waals surface area contributed by atoms with Crippen LogP contribution in [0.2, 0.25) is 0 Å². The molecule has 0 heterocycles. The number of carbonyl (C=O) groups excluding carboxylic acids is 5. The third-order valence-corrected chi connectivity index (χ3v) is 3.82. The van der Waals surface area contributed by atoms with Crippen LogP contribution < -0.4 is 5.32 Å². The highest BCUT2D eigenvalue weighted by Gasteiger charge is 2.31. The van der Waals surface area contributed by atoms with Gasteiger partial charge in [0.2, 0.25) is 11.7 Å². The van der Waals surface area contributed by atoms with Gasteiger partial charge in [0.05, 0.1) is 19.6 Å². The third-order valence-electron chi connectivity index (χ3n) is 2.77. The van der Waals surface area contributed by atoms with Gasteiger partial charge >= 0.3 is 11.9 Å². The van der Waals surface area contributed by atoms with E-state index in [1.807, 2.05) is 0 Å². The molecule has 9 heteroatoms. The molecule has 0 aromatic heterocycles. The number of ether oxygens (including phenoxy) is 2. The summed E-state index contributed by atoms with van der Waals surface area (Å²) >= 11 is 0.695. The molecule has 0 bridgehead atoms. The number of ketones is 1. The Morgan fingerprint density at radius 3 is 2.08 bits per heavy atom. The molecule has 0 spiro atoms. The smallest absolute Gasteiger partial charge is 0.375 e. The molecule has 0 rings (SSSR count). The molecular weight excluding hydrogens is 338 g/mol. The Kier molecular flexibility index (Phi) is 10.7. The van der Waals surface area contributed by atoms with E-state index in [4.69, 9.17) is 4.74 Å². The first-order chi connectivity index (χ1) is 11.3. The van der Waals surface area contributed by atoms with Gasteiger partial charge in [0.1, 0.15) is 6.04 Å². The maximum atomic E-state index is 11.9. The molecule has 0 aromatic rings. The van der Waals surface area contributed by atoms with Crippen LogP contribution in [0.4, 0.5) is 0 Å². The minimum Gasteiger partial charge on any atom is -0.464 e. The van der Waals surface area contributed by atoms with Crippen LogP contribution in [0, 0.1) is 0 Å². The molecule has 8 nitrogen and oxygen atoms in total. The summed E-state index contributed by atoms with van der Waals surface area (Å²) in [6.07, 6.45) is -0.465. The molecule has 0 aliphatic carbocycles. The SMILES string of the molecule is CCOC(=O)C(=O)CC(=O)SC(C)C(NC(=O)CC)C(=O)OCC. The molecule has 136 valence electrons. The number of Topliss-reactive ketones (excluding diaryl/α,β-unsaturated/α-hetero) is 1. The van der Waals surface area contributed by atoms with Gasteiger partial charge in [0, 0.05) is 11.7 Å². The Hall–Kier alpha value is -1.90. The molecule has 0 aliphatic heterocycles. The van der Waals surface area contributed by atoms with Crippen LogP contribution in [0.15, 0.2) is 0 Å². The van der Waals surface area contributed by atoms with Crippen LogP contribution in [-0.4, -0.2) is 53.2 Å². The number of amides is 1. The highest BCUT2D eigenvalue weighted by molar-refractivity contribution is 8.14. The van der Waals surface area contributed by atoms with Crippen molar-refractivity contribution in [2.45, 2.75) is 51.8 Å². The van der Waals surface area contributed by atoms with Gasteiger partial charge in [0.25, 0.3) is 0 Å². The molecule has 2 atom stereocenters. The third kappa shape index (κ3) is 8.09. The fourth-order valence-corrected chi connectivity index (χ4v) is 2.55. The molecular formula is C15H23NO7S. The zero-order valence-corrected chi connectivity index (χ0v) is 15.1. The van der Waals surface area contributed by atoms with Gasteiger partial charge in [-0.15, -0.1) is 0 Å². The van der Waals surface area contributed by atoms with E-state index < -0.39 is 40.5 Å². The maximum Gasteiger partial charge on any atom is 0.375 e. The lowest BCUT2D eigenvalue weighted by Crippen LogP contribution is -2.47. The predicted molar refractivity (Wildman–Crippen MR) is 87.2 cm³/mol. The lowest BCUT2D eigenvalue weighted by atomic mass is 10.2. The second kappa shape index (κ2) is 11.6. The maximum absolute atomic E-state index is 11.9. The average molecular weight is 361 g/mol. The molecule has 1 amide bonds. The Morgan fingerprint density at radius 1 is 1.00 bits per heavy atom. The van der Waals surface area contributed by atoms with Gasteiger partial charge < -0.3 is 14.8 Å². The Morgan fingerprint density at radius 2 is 1.58 bits per heavy atom. The van der Waals surface area contributed by atoms with E-state index in [0.29, 0.717) is 11.8 Å². The number of carbonyl (C=O) groups is 5. The van der Waals surface area contributed by atoms with Crippen molar-refractivity contribution < 1.29 is 33.4 Å². The first kappa shape index (κ1) is 22.1. The lowest BCUT2D eigenvalue weighted by molar-refractivity contribution is -0.154. The molecule has 1 N–H and O–H groups in total. The van der Waals surface area contributed by atoms with Crippen molar-refractivity contribution in [2.75, 3.05) is 13.2 Å². The Bertz CT molecular complexity index is 492. The summed E-state index contributed by atoms with van der Waals surface area (Å²) in [5, 5.41) is 1.23. The van der Waals surface area contributed by atoms with Crippen molar-refractivity contribution >= 4 is 40.5 Å². The van der Waals surface area contributed by atoms with Gasteiger partial charge in [-0.05, 0) is 13.8 Å². The topological polar surface area (TPSA) is 116 Å². The summed E-state index contributed by atoms with van der Waals surface area (Å²) in [4.78, 5) is 58.0. The molecule has 0 saturated carbocycles. The van der Waals surface area contributed by atoms with Gasteiger partial charge in [-0.3, -0.25) is 14.4 Å². The van der Waals surface area contributed by atoms with Gasteiger partial charge in [-0.2, -0.15) is 0 Å². The van der Waals surface area contributed by atoms with Crippen LogP contribution >= 0.6 is 11.8 Å². The van der Waals surface area contributed by atoms with E-state index in [9.17, 15) is 24.0 Å². The first-order valence-corrected chi connectivity index (χ1v) is 8.50. The van der Waals surface area contributed by atoms with E-state index in [-0.39, 0.29) is 25.5 Å². The number of hydrogen-bond acceptors (Lipinski definition) is 8. The number of esters is 2. The lowest BCUT2D eigenvalue weighted by Gasteiger charge is -2.22. The van der Waals surface area contributed by atoms with Crippen LogP contribution in [0.1, 0.15) is 40.5 Å². The van der Waals surface area contributed by atoms with Crippen molar-refractivity contribution in [3.63, 3.8) is 0 Å². The zero-order chi connectivity index (χ0) is 18.7. The number of thioether (sulfide) groups is 1. The van der Waals surface area contributed by atoms with Crippen molar-refractivity contribution in [1.29, 1.82) is 0 Å². The van der Waals surface area contributed by atoms with Gasteiger partial charge in [0.15, 0.2) is 5.12 Å². The second-order valence-electron chi connectivity index (χ2n) is 4.67. The zero-order valence-electron chi connectivity index (χ0n) is 14.2. The van der Waals surface area contributed by atoms with E-state index in [1.165, 1.54) is 0 Å². The predicted octanol–water partition coefficient (Wildman–Crippen LogP) is 0.615. The molecule has 0 radical (unpaired) electrons. The number of nitrogens with one attached hydrogen (secondary N) is 1. The average Bonchev–Trinajstić information content (AvgIpc) is 2.52. The first-order valence-electron chi connectivity index (χ1n) is 7.62. The largest absolute Gasteiger partial charge is 0.464 e. The summed E-state index contributed by atoms with van der Waals surface area (Å²) < 4.78 is 9.40. The van der Waals surface area contributed by atoms with Crippen molar-refractivity contribution in [1.82, 2.24) is 5.32 Å². The molecule has 2 unspecified atom stereocenters. The molecule has 24 heavy (non-hydrogen) atoms. The highest BCUT2D eigenvalue weighted by atomic mass is 32.2.